The molecule has 140 valence electrons. The molecule has 0 fully saturated rings. The van der Waals surface area contributed by atoms with Crippen LogP contribution in [0, 0.1) is 0 Å². The molecule has 0 saturated carbocycles. The summed E-state index contributed by atoms with van der Waals surface area (Å²) in [4.78, 5) is 10.5. The predicted octanol–water partition coefficient (Wildman–Crippen LogP) is 2.31. The highest BCUT2D eigenvalue weighted by Crippen LogP contribution is 2.25. The van der Waals surface area contributed by atoms with E-state index >= 15 is 0 Å². The summed E-state index contributed by atoms with van der Waals surface area (Å²) in [6, 6.07) is 9.63. The van der Waals surface area contributed by atoms with Crippen molar-refractivity contribution < 1.29 is 14.2 Å². The first-order valence-electron chi connectivity index (χ1n) is 8.22. The molecule has 2 rings (SSSR count). The Hall–Kier alpha value is -2.96. The van der Waals surface area contributed by atoms with Crippen LogP contribution in [0.15, 0.2) is 41.5 Å². The number of rotatable bonds is 7. The lowest BCUT2D eigenvalue weighted by atomic mass is 10.2. The van der Waals surface area contributed by atoms with Gasteiger partial charge in [-0.05, 0) is 23.8 Å². The van der Waals surface area contributed by atoms with Gasteiger partial charge in [0.05, 0.1) is 21.3 Å². The number of aliphatic imine (C=N–C) groups is 1. The molecule has 0 atom stereocenters. The van der Waals surface area contributed by atoms with Crippen molar-refractivity contribution in [3.63, 3.8) is 0 Å². The number of benzene rings is 1. The number of aromatic nitrogens is 1. The van der Waals surface area contributed by atoms with Crippen molar-refractivity contribution in [1.82, 2.24) is 15.2 Å². The van der Waals surface area contributed by atoms with Crippen molar-refractivity contribution >= 4 is 5.96 Å². The van der Waals surface area contributed by atoms with Crippen LogP contribution in [0.4, 0.5) is 0 Å². The molecular weight excluding hydrogens is 332 g/mol. The number of nitrogens with zero attached hydrogens (tertiary/aromatic N) is 3. The highest BCUT2D eigenvalue weighted by Gasteiger charge is 2.11. The van der Waals surface area contributed by atoms with E-state index in [-0.39, 0.29) is 0 Å². The Bertz CT molecular complexity index is 749. The van der Waals surface area contributed by atoms with Crippen LogP contribution in [-0.2, 0) is 13.1 Å². The molecule has 0 saturated heterocycles. The number of hydrogen-bond donors (Lipinski definition) is 1. The second kappa shape index (κ2) is 9.50. The average Bonchev–Trinajstić information content (AvgIpc) is 2.68. The topological polar surface area (TPSA) is 68.2 Å². The fraction of sp³-hybridized carbons (Fsp3) is 0.368. The van der Waals surface area contributed by atoms with E-state index in [9.17, 15) is 0 Å². The quantitative estimate of drug-likeness (QED) is 0.605. The third-order valence-corrected chi connectivity index (χ3v) is 3.93. The Morgan fingerprint density at radius 3 is 2.58 bits per heavy atom. The first-order chi connectivity index (χ1) is 12.6. The van der Waals surface area contributed by atoms with Crippen molar-refractivity contribution in [2.45, 2.75) is 13.1 Å². The van der Waals surface area contributed by atoms with Gasteiger partial charge >= 0.3 is 0 Å². The van der Waals surface area contributed by atoms with E-state index < -0.39 is 0 Å². The summed E-state index contributed by atoms with van der Waals surface area (Å²) in [6.45, 7) is 1.27. The fourth-order valence-corrected chi connectivity index (χ4v) is 2.55. The first kappa shape index (κ1) is 19.4. The molecule has 0 aliphatic heterocycles. The highest BCUT2D eigenvalue weighted by molar-refractivity contribution is 5.79. The highest BCUT2D eigenvalue weighted by atomic mass is 16.5. The molecule has 2 aromatic rings. The number of hydrogen-bond acceptors (Lipinski definition) is 5. The van der Waals surface area contributed by atoms with Crippen LogP contribution in [-0.4, -0.2) is 51.3 Å². The van der Waals surface area contributed by atoms with Gasteiger partial charge in [-0.3, -0.25) is 4.99 Å². The lowest BCUT2D eigenvalue weighted by Gasteiger charge is -2.23. The third kappa shape index (κ3) is 5.02. The standard InChI is InChI=1S/C19H26N4O3/c1-20-19(22-12-14-8-9-21-18(10-14)26-5)23(2)13-15-6-7-16(24-3)11-17(15)25-4/h6-11H,12-13H2,1-5H3,(H,20,22). The Balaban J connectivity index is 2.03. The molecule has 1 heterocycles. The SMILES string of the molecule is CN=C(NCc1ccnc(OC)c1)N(C)Cc1ccc(OC)cc1OC. The molecular formula is C19H26N4O3. The molecule has 0 bridgehead atoms. The van der Waals surface area contributed by atoms with Gasteiger partial charge in [-0.25, -0.2) is 4.98 Å². The van der Waals surface area contributed by atoms with Crippen LogP contribution in [0.2, 0.25) is 0 Å². The normalized spacial score (nSPS) is 11.0. The van der Waals surface area contributed by atoms with Gasteiger partial charge in [-0.1, -0.05) is 0 Å². The smallest absolute Gasteiger partial charge is 0.213 e. The third-order valence-electron chi connectivity index (χ3n) is 3.93. The second-order valence-electron chi connectivity index (χ2n) is 5.64. The van der Waals surface area contributed by atoms with Crippen LogP contribution in [0.3, 0.4) is 0 Å². The van der Waals surface area contributed by atoms with Crippen molar-refractivity contribution in [3.05, 3.63) is 47.7 Å². The van der Waals surface area contributed by atoms with Gasteiger partial charge in [0.15, 0.2) is 5.96 Å². The van der Waals surface area contributed by atoms with E-state index in [4.69, 9.17) is 14.2 Å². The number of ether oxygens (including phenoxy) is 3. The van der Waals surface area contributed by atoms with Gasteiger partial charge in [0.25, 0.3) is 0 Å². The summed E-state index contributed by atoms with van der Waals surface area (Å²) < 4.78 is 15.9. The Morgan fingerprint density at radius 1 is 1.12 bits per heavy atom. The van der Waals surface area contributed by atoms with E-state index in [1.54, 1.807) is 34.6 Å². The minimum Gasteiger partial charge on any atom is -0.497 e. The van der Waals surface area contributed by atoms with Gasteiger partial charge in [-0.2, -0.15) is 0 Å². The van der Waals surface area contributed by atoms with E-state index in [0.717, 1.165) is 28.6 Å². The molecule has 0 aliphatic rings. The summed E-state index contributed by atoms with van der Waals surface area (Å²) in [5.74, 6) is 2.92. The number of pyridine rings is 1. The van der Waals surface area contributed by atoms with Crippen LogP contribution in [0.1, 0.15) is 11.1 Å². The van der Waals surface area contributed by atoms with Crippen LogP contribution in [0.5, 0.6) is 17.4 Å². The minimum absolute atomic E-state index is 0.593. The molecule has 0 unspecified atom stereocenters. The molecule has 1 N–H and O–H groups in total. The maximum atomic E-state index is 5.47. The zero-order valence-corrected chi connectivity index (χ0v) is 15.9. The number of nitrogens with one attached hydrogen (secondary N) is 1. The first-order valence-corrected chi connectivity index (χ1v) is 8.22. The lowest BCUT2D eigenvalue weighted by Crippen LogP contribution is -2.38. The molecule has 0 amide bonds. The Labute approximate surface area is 154 Å². The molecule has 1 aromatic heterocycles. The van der Waals surface area contributed by atoms with E-state index in [1.165, 1.54) is 0 Å². The van der Waals surface area contributed by atoms with Gasteiger partial charge in [-0.15, -0.1) is 0 Å². The van der Waals surface area contributed by atoms with Crippen LogP contribution >= 0.6 is 0 Å². The van der Waals surface area contributed by atoms with E-state index in [1.807, 2.05) is 42.3 Å². The average molecular weight is 358 g/mol. The van der Waals surface area contributed by atoms with Gasteiger partial charge in [0.1, 0.15) is 11.5 Å². The van der Waals surface area contributed by atoms with Crippen LogP contribution in [0.25, 0.3) is 0 Å². The maximum absolute atomic E-state index is 5.47. The Kier molecular flexibility index (Phi) is 7.08. The zero-order chi connectivity index (χ0) is 18.9. The molecule has 0 aliphatic carbocycles. The van der Waals surface area contributed by atoms with Crippen molar-refractivity contribution in [3.8, 4) is 17.4 Å². The molecule has 1 aromatic carbocycles. The summed E-state index contributed by atoms with van der Waals surface area (Å²) in [5, 5.41) is 3.34. The summed E-state index contributed by atoms with van der Waals surface area (Å²) in [5.41, 5.74) is 2.11. The van der Waals surface area contributed by atoms with Gasteiger partial charge < -0.3 is 24.4 Å². The van der Waals surface area contributed by atoms with Crippen molar-refractivity contribution in [2.75, 3.05) is 35.4 Å². The van der Waals surface area contributed by atoms with E-state index in [0.29, 0.717) is 19.0 Å². The van der Waals surface area contributed by atoms with E-state index in [2.05, 4.69) is 15.3 Å². The molecule has 0 radical (unpaired) electrons. The number of methoxy groups -OCH3 is 3. The van der Waals surface area contributed by atoms with Gasteiger partial charge in [0.2, 0.25) is 5.88 Å². The summed E-state index contributed by atoms with van der Waals surface area (Å²) >= 11 is 0. The fourth-order valence-electron chi connectivity index (χ4n) is 2.55. The van der Waals surface area contributed by atoms with Crippen molar-refractivity contribution in [2.24, 2.45) is 4.99 Å². The molecule has 26 heavy (non-hydrogen) atoms. The van der Waals surface area contributed by atoms with Gasteiger partial charge in [0, 0.05) is 51.1 Å². The molecule has 7 nitrogen and oxygen atoms in total. The Morgan fingerprint density at radius 2 is 1.92 bits per heavy atom. The lowest BCUT2D eigenvalue weighted by molar-refractivity contribution is 0.382. The second-order valence-corrected chi connectivity index (χ2v) is 5.64. The monoisotopic (exact) mass is 358 g/mol. The van der Waals surface area contributed by atoms with Crippen LogP contribution < -0.4 is 19.5 Å². The zero-order valence-electron chi connectivity index (χ0n) is 15.9. The molecule has 7 heteroatoms. The summed E-state index contributed by atoms with van der Waals surface area (Å²) in [7, 11) is 8.64. The predicted molar refractivity (Wildman–Crippen MR) is 102 cm³/mol. The minimum atomic E-state index is 0.593. The largest absolute Gasteiger partial charge is 0.497 e. The molecule has 0 spiro atoms. The maximum Gasteiger partial charge on any atom is 0.213 e. The van der Waals surface area contributed by atoms with Crippen molar-refractivity contribution in [1.29, 1.82) is 0 Å². The number of guanidine groups is 1. The summed E-state index contributed by atoms with van der Waals surface area (Å²) in [6.07, 6.45) is 1.73.